The van der Waals surface area contributed by atoms with Gasteiger partial charge in [0.05, 0.1) is 11.3 Å². The van der Waals surface area contributed by atoms with E-state index in [4.69, 9.17) is 0 Å². The summed E-state index contributed by atoms with van der Waals surface area (Å²) in [5.74, 6) is -0.538. The van der Waals surface area contributed by atoms with E-state index in [1.807, 2.05) is 41.8 Å². The Balaban J connectivity index is 1.58. The van der Waals surface area contributed by atoms with Gasteiger partial charge in [-0.05, 0) is 6.07 Å². The SMILES string of the molecule is O=C(Nc1nc(-c2ccccc2)cs1)c1ccccc1C(=O)c1ccccc1. The van der Waals surface area contributed by atoms with Crippen molar-refractivity contribution in [2.24, 2.45) is 0 Å². The van der Waals surface area contributed by atoms with Crippen LogP contribution in [-0.2, 0) is 0 Å². The first kappa shape index (κ1) is 17.8. The summed E-state index contributed by atoms with van der Waals surface area (Å²) in [7, 11) is 0. The Kier molecular flexibility index (Phi) is 5.08. The van der Waals surface area contributed by atoms with Crippen LogP contribution in [0.15, 0.2) is 90.3 Å². The van der Waals surface area contributed by atoms with Crippen molar-refractivity contribution < 1.29 is 9.59 Å². The maximum atomic E-state index is 12.8. The third-order valence-electron chi connectivity index (χ3n) is 4.25. The molecule has 1 amide bonds. The predicted molar refractivity (Wildman–Crippen MR) is 112 cm³/mol. The van der Waals surface area contributed by atoms with E-state index in [0.29, 0.717) is 21.8 Å². The van der Waals surface area contributed by atoms with Gasteiger partial charge in [-0.2, -0.15) is 0 Å². The van der Waals surface area contributed by atoms with E-state index in [0.717, 1.165) is 11.3 Å². The van der Waals surface area contributed by atoms with Gasteiger partial charge in [0, 0.05) is 22.1 Å². The van der Waals surface area contributed by atoms with Crippen LogP contribution in [-0.4, -0.2) is 16.7 Å². The maximum absolute atomic E-state index is 12.8. The van der Waals surface area contributed by atoms with Gasteiger partial charge in [0.1, 0.15) is 0 Å². The molecule has 1 N–H and O–H groups in total. The van der Waals surface area contributed by atoms with E-state index >= 15 is 0 Å². The second-order valence-corrected chi connectivity index (χ2v) is 6.96. The van der Waals surface area contributed by atoms with Crippen molar-refractivity contribution >= 4 is 28.2 Å². The highest BCUT2D eigenvalue weighted by atomic mass is 32.1. The highest BCUT2D eigenvalue weighted by Gasteiger charge is 2.19. The quantitative estimate of drug-likeness (QED) is 0.475. The summed E-state index contributed by atoms with van der Waals surface area (Å²) in [5.41, 5.74) is 3.02. The van der Waals surface area contributed by atoms with Crippen molar-refractivity contribution in [1.82, 2.24) is 4.98 Å². The molecular weight excluding hydrogens is 368 g/mol. The molecule has 0 aliphatic carbocycles. The number of carbonyl (C=O) groups excluding carboxylic acids is 2. The minimum absolute atomic E-state index is 0.185. The molecule has 1 heterocycles. The lowest BCUT2D eigenvalue weighted by Gasteiger charge is -2.08. The van der Waals surface area contributed by atoms with Gasteiger partial charge < -0.3 is 0 Å². The zero-order valence-electron chi connectivity index (χ0n) is 14.8. The zero-order valence-corrected chi connectivity index (χ0v) is 15.6. The highest BCUT2D eigenvalue weighted by Crippen LogP contribution is 2.25. The van der Waals surface area contributed by atoms with Crippen molar-refractivity contribution in [2.75, 3.05) is 5.32 Å². The van der Waals surface area contributed by atoms with Crippen molar-refractivity contribution in [1.29, 1.82) is 0 Å². The van der Waals surface area contributed by atoms with Crippen LogP contribution in [0.3, 0.4) is 0 Å². The van der Waals surface area contributed by atoms with Crippen LogP contribution in [0.1, 0.15) is 26.3 Å². The summed E-state index contributed by atoms with van der Waals surface area (Å²) in [4.78, 5) is 30.1. The average molecular weight is 384 g/mol. The minimum Gasteiger partial charge on any atom is -0.298 e. The number of benzene rings is 3. The Morgan fingerprint density at radius 2 is 1.36 bits per heavy atom. The Morgan fingerprint density at radius 1 is 0.750 bits per heavy atom. The third kappa shape index (κ3) is 3.75. The van der Waals surface area contributed by atoms with Gasteiger partial charge in [-0.3, -0.25) is 14.9 Å². The number of rotatable bonds is 5. The van der Waals surface area contributed by atoms with Gasteiger partial charge in [-0.25, -0.2) is 4.98 Å². The number of carbonyl (C=O) groups is 2. The summed E-state index contributed by atoms with van der Waals surface area (Å²) in [6.45, 7) is 0. The normalized spacial score (nSPS) is 10.4. The first-order valence-electron chi connectivity index (χ1n) is 8.73. The van der Waals surface area contributed by atoms with Crippen LogP contribution in [0.5, 0.6) is 0 Å². The molecule has 28 heavy (non-hydrogen) atoms. The smallest absolute Gasteiger partial charge is 0.258 e. The van der Waals surface area contributed by atoms with E-state index in [9.17, 15) is 9.59 Å². The molecule has 136 valence electrons. The minimum atomic E-state index is -0.353. The zero-order chi connectivity index (χ0) is 19.3. The molecule has 3 aromatic carbocycles. The molecule has 1 aromatic heterocycles. The Morgan fingerprint density at radius 3 is 2.07 bits per heavy atom. The number of thiazole rings is 1. The van der Waals surface area contributed by atoms with Crippen molar-refractivity contribution in [2.45, 2.75) is 0 Å². The van der Waals surface area contributed by atoms with Gasteiger partial charge in [-0.15, -0.1) is 11.3 Å². The van der Waals surface area contributed by atoms with Gasteiger partial charge in [-0.1, -0.05) is 78.9 Å². The molecule has 0 aliphatic rings. The van der Waals surface area contributed by atoms with Crippen LogP contribution in [0.4, 0.5) is 5.13 Å². The first-order valence-corrected chi connectivity index (χ1v) is 9.61. The molecule has 0 spiro atoms. The van der Waals surface area contributed by atoms with Gasteiger partial charge in [0.2, 0.25) is 0 Å². The molecular formula is C23H16N2O2S. The summed E-state index contributed by atoms with van der Waals surface area (Å²) in [6.07, 6.45) is 0. The monoisotopic (exact) mass is 384 g/mol. The van der Waals surface area contributed by atoms with E-state index in [-0.39, 0.29) is 11.7 Å². The number of nitrogens with one attached hydrogen (secondary N) is 1. The lowest BCUT2D eigenvalue weighted by molar-refractivity contribution is 0.0996. The van der Waals surface area contributed by atoms with Crippen molar-refractivity contribution in [3.05, 3.63) is 107 Å². The third-order valence-corrected chi connectivity index (χ3v) is 5.00. The van der Waals surface area contributed by atoms with Gasteiger partial charge in [0.15, 0.2) is 10.9 Å². The fraction of sp³-hybridized carbons (Fsp3) is 0. The fourth-order valence-electron chi connectivity index (χ4n) is 2.86. The maximum Gasteiger partial charge on any atom is 0.258 e. The molecule has 0 fully saturated rings. The summed E-state index contributed by atoms with van der Waals surface area (Å²) < 4.78 is 0. The number of nitrogens with zero attached hydrogens (tertiary/aromatic N) is 1. The largest absolute Gasteiger partial charge is 0.298 e. The summed E-state index contributed by atoms with van der Waals surface area (Å²) in [5, 5.41) is 5.20. The van der Waals surface area contributed by atoms with E-state index in [1.54, 1.807) is 48.5 Å². The van der Waals surface area contributed by atoms with E-state index in [1.165, 1.54) is 11.3 Å². The standard InChI is InChI=1S/C23H16N2O2S/c26-21(17-11-5-2-6-12-17)18-13-7-8-14-19(18)22(27)25-23-24-20(15-28-23)16-9-3-1-4-10-16/h1-15H,(H,24,25,27). The number of ketones is 1. The molecule has 5 heteroatoms. The van der Waals surface area contributed by atoms with E-state index in [2.05, 4.69) is 10.3 Å². The molecule has 0 bridgehead atoms. The van der Waals surface area contributed by atoms with E-state index < -0.39 is 0 Å². The molecule has 0 unspecified atom stereocenters. The molecule has 0 saturated heterocycles. The Labute approximate surface area is 166 Å². The number of hydrogen-bond donors (Lipinski definition) is 1. The first-order chi connectivity index (χ1) is 13.7. The molecule has 0 radical (unpaired) electrons. The number of amides is 1. The predicted octanol–water partition coefficient (Wildman–Crippen LogP) is 5.29. The number of anilines is 1. The molecule has 0 atom stereocenters. The Hall–Kier alpha value is -3.57. The van der Waals surface area contributed by atoms with Crippen molar-refractivity contribution in [3.8, 4) is 11.3 Å². The molecule has 4 aromatic rings. The molecule has 0 aliphatic heterocycles. The summed E-state index contributed by atoms with van der Waals surface area (Å²) in [6, 6.07) is 25.5. The topological polar surface area (TPSA) is 59.1 Å². The lowest BCUT2D eigenvalue weighted by Crippen LogP contribution is -2.16. The van der Waals surface area contributed by atoms with Crippen LogP contribution >= 0.6 is 11.3 Å². The molecule has 0 saturated carbocycles. The average Bonchev–Trinajstić information content (AvgIpc) is 3.23. The number of hydrogen-bond acceptors (Lipinski definition) is 4. The van der Waals surface area contributed by atoms with Gasteiger partial charge in [0.25, 0.3) is 5.91 Å². The van der Waals surface area contributed by atoms with Crippen molar-refractivity contribution in [3.63, 3.8) is 0 Å². The number of aromatic nitrogens is 1. The lowest BCUT2D eigenvalue weighted by atomic mass is 9.98. The molecule has 4 rings (SSSR count). The summed E-state index contributed by atoms with van der Waals surface area (Å²) >= 11 is 1.35. The van der Waals surface area contributed by atoms with Crippen LogP contribution in [0.25, 0.3) is 11.3 Å². The van der Waals surface area contributed by atoms with Crippen LogP contribution in [0, 0.1) is 0 Å². The van der Waals surface area contributed by atoms with Crippen LogP contribution in [0.2, 0.25) is 0 Å². The molecule has 4 nitrogen and oxygen atoms in total. The Bertz CT molecular complexity index is 1120. The van der Waals surface area contributed by atoms with Gasteiger partial charge >= 0.3 is 0 Å². The fourth-order valence-corrected chi connectivity index (χ4v) is 3.58. The second kappa shape index (κ2) is 7.98. The second-order valence-electron chi connectivity index (χ2n) is 6.10. The highest BCUT2D eigenvalue weighted by molar-refractivity contribution is 7.14. The van der Waals surface area contributed by atoms with Crippen LogP contribution < -0.4 is 5.32 Å².